The number of esters is 1. The second-order valence-electron chi connectivity index (χ2n) is 4.54. The Morgan fingerprint density at radius 2 is 2.19 bits per heavy atom. The number of nitrogens with zero attached hydrogens (tertiary/aromatic N) is 1. The third kappa shape index (κ3) is 3.70. The summed E-state index contributed by atoms with van der Waals surface area (Å²) < 4.78 is 4.86. The van der Waals surface area contributed by atoms with Crippen molar-refractivity contribution in [3.8, 4) is 0 Å². The fourth-order valence-corrected chi connectivity index (χ4v) is 2.23. The molecule has 1 fully saturated rings. The van der Waals surface area contributed by atoms with Crippen molar-refractivity contribution >= 4 is 34.8 Å². The first-order valence-electron chi connectivity index (χ1n) is 6.52. The van der Waals surface area contributed by atoms with E-state index in [0.29, 0.717) is 22.0 Å². The Morgan fingerprint density at radius 1 is 1.43 bits per heavy atom. The van der Waals surface area contributed by atoms with Crippen molar-refractivity contribution in [2.24, 2.45) is 10.7 Å². The van der Waals surface area contributed by atoms with Gasteiger partial charge in [0.1, 0.15) is 11.5 Å². The standard InChI is InChI=1S/C15H15ClN2O3/c1-2-21-15(20)14(17)12-7-11(19)8-13(12)18-10-5-3-4-9(16)6-10/h3-6H,2,7-8,17H2,1H3/b14-12-,18-13?. The van der Waals surface area contributed by atoms with Crippen molar-refractivity contribution in [2.75, 3.05) is 6.61 Å². The molecule has 0 amide bonds. The van der Waals surface area contributed by atoms with Gasteiger partial charge in [0.05, 0.1) is 18.0 Å². The van der Waals surface area contributed by atoms with Crippen LogP contribution in [0.3, 0.4) is 0 Å². The molecule has 2 N–H and O–H groups in total. The highest BCUT2D eigenvalue weighted by Gasteiger charge is 2.28. The predicted octanol–water partition coefficient (Wildman–Crippen LogP) is 2.55. The average molecular weight is 307 g/mol. The SMILES string of the molecule is CCOC(=O)/C(N)=C1\CC(=O)CC1=Nc1cccc(Cl)c1. The van der Waals surface area contributed by atoms with E-state index in [0.717, 1.165) is 0 Å². The number of carbonyl (C=O) groups is 2. The highest BCUT2D eigenvalue weighted by atomic mass is 35.5. The molecular formula is C15H15ClN2O3. The Labute approximate surface area is 127 Å². The minimum Gasteiger partial charge on any atom is -0.461 e. The van der Waals surface area contributed by atoms with Crippen LogP contribution in [0.5, 0.6) is 0 Å². The van der Waals surface area contributed by atoms with Gasteiger partial charge in [-0.1, -0.05) is 17.7 Å². The van der Waals surface area contributed by atoms with Gasteiger partial charge in [0.2, 0.25) is 0 Å². The van der Waals surface area contributed by atoms with Crippen LogP contribution in [-0.4, -0.2) is 24.1 Å². The van der Waals surface area contributed by atoms with Gasteiger partial charge in [0.25, 0.3) is 0 Å². The molecule has 0 aliphatic heterocycles. The van der Waals surface area contributed by atoms with E-state index in [1.165, 1.54) is 0 Å². The molecule has 0 heterocycles. The summed E-state index contributed by atoms with van der Waals surface area (Å²) in [5.74, 6) is -0.654. The Kier molecular flexibility index (Phi) is 4.75. The van der Waals surface area contributed by atoms with Crippen LogP contribution in [0.4, 0.5) is 5.69 Å². The largest absolute Gasteiger partial charge is 0.461 e. The van der Waals surface area contributed by atoms with Crippen LogP contribution in [0.15, 0.2) is 40.5 Å². The van der Waals surface area contributed by atoms with E-state index in [4.69, 9.17) is 22.1 Å². The third-order valence-corrected chi connectivity index (χ3v) is 3.21. The molecule has 0 saturated heterocycles. The van der Waals surface area contributed by atoms with Crippen LogP contribution < -0.4 is 5.73 Å². The van der Waals surface area contributed by atoms with Crippen molar-refractivity contribution in [3.63, 3.8) is 0 Å². The van der Waals surface area contributed by atoms with E-state index in [1.54, 1.807) is 31.2 Å². The number of rotatable bonds is 3. The van der Waals surface area contributed by atoms with E-state index in [9.17, 15) is 9.59 Å². The van der Waals surface area contributed by atoms with E-state index in [1.807, 2.05) is 0 Å². The second-order valence-corrected chi connectivity index (χ2v) is 4.98. The van der Waals surface area contributed by atoms with Crippen molar-refractivity contribution in [3.05, 3.63) is 40.6 Å². The maximum Gasteiger partial charge on any atom is 0.354 e. The lowest BCUT2D eigenvalue weighted by Gasteiger charge is -2.06. The smallest absolute Gasteiger partial charge is 0.354 e. The van der Waals surface area contributed by atoms with Crippen molar-refractivity contribution in [1.82, 2.24) is 0 Å². The quantitative estimate of drug-likeness (QED) is 0.687. The number of nitrogens with two attached hydrogens (primary N) is 1. The maximum atomic E-state index is 11.7. The molecule has 1 saturated carbocycles. The molecule has 1 aromatic carbocycles. The highest BCUT2D eigenvalue weighted by molar-refractivity contribution is 6.30. The lowest BCUT2D eigenvalue weighted by molar-refractivity contribution is -0.138. The summed E-state index contributed by atoms with van der Waals surface area (Å²) in [5, 5.41) is 0.546. The van der Waals surface area contributed by atoms with Crippen LogP contribution in [0.2, 0.25) is 5.02 Å². The normalized spacial score (nSPS) is 19.0. The number of allylic oxidation sites excluding steroid dienone is 1. The van der Waals surface area contributed by atoms with Gasteiger partial charge in [-0.3, -0.25) is 9.79 Å². The van der Waals surface area contributed by atoms with Gasteiger partial charge in [0.15, 0.2) is 0 Å². The van der Waals surface area contributed by atoms with Crippen molar-refractivity contribution in [2.45, 2.75) is 19.8 Å². The van der Waals surface area contributed by atoms with E-state index >= 15 is 0 Å². The molecule has 0 bridgehead atoms. The monoisotopic (exact) mass is 306 g/mol. The Morgan fingerprint density at radius 3 is 2.86 bits per heavy atom. The maximum absolute atomic E-state index is 11.7. The number of halogens is 1. The number of ketones is 1. The molecule has 0 radical (unpaired) electrons. The average Bonchev–Trinajstić information content (AvgIpc) is 2.79. The lowest BCUT2D eigenvalue weighted by Crippen LogP contribution is -2.18. The predicted molar refractivity (Wildman–Crippen MR) is 80.6 cm³/mol. The number of hydrogen-bond acceptors (Lipinski definition) is 5. The number of hydrogen-bond donors (Lipinski definition) is 1. The van der Waals surface area contributed by atoms with Gasteiger partial charge in [-0.05, 0) is 25.1 Å². The fourth-order valence-electron chi connectivity index (χ4n) is 2.05. The Balaban J connectivity index is 2.39. The first-order valence-corrected chi connectivity index (χ1v) is 6.90. The molecule has 1 aromatic rings. The zero-order valence-corrected chi connectivity index (χ0v) is 12.3. The summed E-state index contributed by atoms with van der Waals surface area (Å²) in [6.45, 7) is 1.91. The second kappa shape index (κ2) is 6.54. The molecule has 110 valence electrons. The van der Waals surface area contributed by atoms with Crippen LogP contribution in [0.25, 0.3) is 0 Å². The van der Waals surface area contributed by atoms with Crippen LogP contribution in [-0.2, 0) is 14.3 Å². The summed E-state index contributed by atoms with van der Waals surface area (Å²) in [6.07, 6.45) is 0.256. The minimum atomic E-state index is -0.624. The highest BCUT2D eigenvalue weighted by Crippen LogP contribution is 2.26. The van der Waals surface area contributed by atoms with E-state index < -0.39 is 5.97 Å². The molecule has 2 rings (SSSR count). The van der Waals surface area contributed by atoms with Crippen LogP contribution in [0, 0.1) is 0 Å². The summed E-state index contributed by atoms with van der Waals surface area (Å²) >= 11 is 5.90. The third-order valence-electron chi connectivity index (χ3n) is 2.98. The number of Topliss-reactive ketones (excluding diaryl/α,β-unsaturated/α-hetero) is 1. The number of aliphatic imine (C=N–C) groups is 1. The fraction of sp³-hybridized carbons (Fsp3) is 0.267. The molecular weight excluding hydrogens is 292 g/mol. The number of ether oxygens (including phenoxy) is 1. The van der Waals surface area contributed by atoms with E-state index in [2.05, 4.69) is 4.99 Å². The Bertz CT molecular complexity index is 650. The van der Waals surface area contributed by atoms with Crippen LogP contribution >= 0.6 is 11.6 Å². The Hall–Kier alpha value is -2.14. The topological polar surface area (TPSA) is 81.8 Å². The summed E-state index contributed by atoms with van der Waals surface area (Å²) in [5.41, 5.74) is 7.29. The van der Waals surface area contributed by atoms with Gasteiger partial charge in [0, 0.05) is 23.4 Å². The molecule has 0 aromatic heterocycles. The van der Waals surface area contributed by atoms with Gasteiger partial charge in [-0.2, -0.15) is 0 Å². The molecule has 0 spiro atoms. The van der Waals surface area contributed by atoms with Gasteiger partial charge < -0.3 is 10.5 Å². The molecule has 21 heavy (non-hydrogen) atoms. The number of benzene rings is 1. The molecule has 5 nitrogen and oxygen atoms in total. The summed E-state index contributed by atoms with van der Waals surface area (Å²) in [6, 6.07) is 6.93. The van der Waals surface area contributed by atoms with Crippen molar-refractivity contribution < 1.29 is 14.3 Å². The summed E-state index contributed by atoms with van der Waals surface area (Å²) in [7, 11) is 0. The minimum absolute atomic E-state index is 0.0296. The first kappa shape index (κ1) is 15.3. The number of carbonyl (C=O) groups excluding carboxylic acids is 2. The van der Waals surface area contributed by atoms with Gasteiger partial charge >= 0.3 is 5.97 Å². The van der Waals surface area contributed by atoms with E-state index in [-0.39, 0.29) is 30.9 Å². The summed E-state index contributed by atoms with van der Waals surface area (Å²) in [4.78, 5) is 27.7. The zero-order chi connectivity index (χ0) is 15.4. The molecule has 6 heteroatoms. The van der Waals surface area contributed by atoms with Crippen molar-refractivity contribution in [1.29, 1.82) is 0 Å². The first-order chi connectivity index (χ1) is 10.0. The lowest BCUT2D eigenvalue weighted by atomic mass is 10.1. The molecule has 0 atom stereocenters. The van der Waals surface area contributed by atoms with Gasteiger partial charge in [-0.15, -0.1) is 0 Å². The molecule has 1 aliphatic carbocycles. The molecule has 0 unspecified atom stereocenters. The van der Waals surface area contributed by atoms with Gasteiger partial charge in [-0.25, -0.2) is 4.79 Å². The zero-order valence-electron chi connectivity index (χ0n) is 11.6. The van der Waals surface area contributed by atoms with Crippen LogP contribution in [0.1, 0.15) is 19.8 Å². The molecule has 1 aliphatic rings.